The highest BCUT2D eigenvalue weighted by molar-refractivity contribution is 7.90. The summed E-state index contributed by atoms with van der Waals surface area (Å²) in [6, 6.07) is 11.9. The van der Waals surface area contributed by atoms with Gasteiger partial charge in [-0.25, -0.2) is 8.42 Å². The molecular formula is C29H31F3N2O5S. The van der Waals surface area contributed by atoms with E-state index in [0.717, 1.165) is 35.8 Å². The van der Waals surface area contributed by atoms with Gasteiger partial charge < -0.3 is 10.1 Å². The van der Waals surface area contributed by atoms with Gasteiger partial charge in [0.05, 0.1) is 23.5 Å². The number of nitrogens with zero attached hydrogens (tertiary/aromatic N) is 1. The Morgan fingerprint density at radius 1 is 1.10 bits per heavy atom. The van der Waals surface area contributed by atoms with Crippen LogP contribution in [0.3, 0.4) is 0 Å². The lowest BCUT2D eigenvalue weighted by Gasteiger charge is -2.19. The van der Waals surface area contributed by atoms with E-state index in [1.165, 1.54) is 30.3 Å². The molecule has 0 bridgehead atoms. The van der Waals surface area contributed by atoms with Crippen LogP contribution in [-0.2, 0) is 38.5 Å². The fourth-order valence-corrected chi connectivity index (χ4v) is 4.64. The summed E-state index contributed by atoms with van der Waals surface area (Å²) in [4.78, 5) is 26.5. The number of carbonyl (C=O) groups is 1. The molecule has 0 aliphatic rings. The van der Waals surface area contributed by atoms with Crippen molar-refractivity contribution >= 4 is 21.5 Å². The van der Waals surface area contributed by atoms with Gasteiger partial charge in [-0.05, 0) is 55.3 Å². The number of aromatic nitrogens is 1. The number of hydrogen-bond acceptors (Lipinski definition) is 5. The van der Waals surface area contributed by atoms with Crippen molar-refractivity contribution in [3.8, 4) is 5.69 Å². The van der Waals surface area contributed by atoms with E-state index >= 15 is 0 Å². The summed E-state index contributed by atoms with van der Waals surface area (Å²) in [5.41, 5.74) is -0.163. The third kappa shape index (κ3) is 7.62. The van der Waals surface area contributed by atoms with Gasteiger partial charge in [0.15, 0.2) is 9.84 Å². The second-order valence-corrected chi connectivity index (χ2v) is 11.4. The molecule has 1 aromatic heterocycles. The number of nitrogens with one attached hydrogen (secondary N) is 1. The first-order chi connectivity index (χ1) is 18.7. The molecule has 11 heteroatoms. The van der Waals surface area contributed by atoms with Crippen molar-refractivity contribution in [2.75, 3.05) is 12.9 Å². The maximum Gasteiger partial charge on any atom is 0.416 e. The Kier molecular flexibility index (Phi) is 9.62. The number of alkyl halides is 3. The maximum absolute atomic E-state index is 13.5. The van der Waals surface area contributed by atoms with Gasteiger partial charge in [0, 0.05) is 35.3 Å². The average molecular weight is 577 g/mol. The Morgan fingerprint density at radius 2 is 1.77 bits per heavy atom. The summed E-state index contributed by atoms with van der Waals surface area (Å²) in [6.45, 7) is 7.95. The third-order valence-corrected chi connectivity index (χ3v) is 7.35. The van der Waals surface area contributed by atoms with E-state index in [2.05, 4.69) is 11.9 Å². The van der Waals surface area contributed by atoms with E-state index in [-0.39, 0.29) is 34.9 Å². The van der Waals surface area contributed by atoms with E-state index in [1.807, 2.05) is 6.92 Å². The zero-order valence-corrected chi connectivity index (χ0v) is 23.3. The number of ether oxygens (including phenoxy) is 1. The fraction of sp³-hybridized carbons (Fsp3) is 0.310. The number of amides is 1. The molecule has 1 heterocycles. The molecule has 0 saturated heterocycles. The van der Waals surface area contributed by atoms with Gasteiger partial charge >= 0.3 is 6.18 Å². The normalized spacial score (nSPS) is 11.8. The lowest BCUT2D eigenvalue weighted by atomic mass is 10.0. The van der Waals surface area contributed by atoms with Gasteiger partial charge in [0.1, 0.15) is 5.76 Å². The SMILES string of the molecule is C=C(OCCCC)c1cc(CC(=O)NCc2ccc(S(C)(=O)=O)cc2)c(=O)n(-c2cccc(C(F)(F)F)c2)c1C. The standard InChI is InChI=1S/C29H31F3N2O5S/c1-5-6-14-39-20(3)26-15-22(16-27(35)33-18-21-10-12-25(13-11-21)40(4,37)38)28(36)34(19(26)2)24-9-7-8-23(17-24)29(30,31)32/h7-13,15,17H,3,5-6,14,16,18H2,1-2,4H3,(H,33,35). The van der Waals surface area contributed by atoms with Crippen molar-refractivity contribution < 1.29 is 31.1 Å². The van der Waals surface area contributed by atoms with Gasteiger partial charge in [0.25, 0.3) is 5.56 Å². The topological polar surface area (TPSA) is 94.5 Å². The van der Waals surface area contributed by atoms with Gasteiger partial charge in [-0.3, -0.25) is 14.2 Å². The van der Waals surface area contributed by atoms with E-state index in [4.69, 9.17) is 4.74 Å². The summed E-state index contributed by atoms with van der Waals surface area (Å²) >= 11 is 0. The van der Waals surface area contributed by atoms with Crippen molar-refractivity contribution in [1.82, 2.24) is 9.88 Å². The molecule has 40 heavy (non-hydrogen) atoms. The lowest BCUT2D eigenvalue weighted by Crippen LogP contribution is -2.31. The number of benzene rings is 2. The predicted octanol–water partition coefficient (Wildman–Crippen LogP) is 5.21. The van der Waals surface area contributed by atoms with Crippen LogP contribution in [0.1, 0.15) is 47.7 Å². The molecule has 0 aliphatic heterocycles. The number of hydrogen-bond donors (Lipinski definition) is 1. The molecule has 0 aliphatic carbocycles. The van der Waals surface area contributed by atoms with Crippen LogP contribution in [0.15, 0.2) is 70.9 Å². The highest BCUT2D eigenvalue weighted by atomic mass is 32.2. The summed E-state index contributed by atoms with van der Waals surface area (Å²) in [5, 5.41) is 2.69. The fourth-order valence-electron chi connectivity index (χ4n) is 4.01. The number of halogens is 3. The van der Waals surface area contributed by atoms with Crippen LogP contribution in [-0.4, -0.2) is 31.8 Å². The van der Waals surface area contributed by atoms with Gasteiger partial charge in [-0.2, -0.15) is 13.2 Å². The lowest BCUT2D eigenvalue weighted by molar-refractivity contribution is -0.137. The second-order valence-electron chi connectivity index (χ2n) is 9.35. The molecule has 0 fully saturated rings. The zero-order chi connectivity index (χ0) is 29.7. The summed E-state index contributed by atoms with van der Waals surface area (Å²) in [5.74, 6) is -0.272. The van der Waals surface area contributed by atoms with Gasteiger partial charge in [-0.1, -0.05) is 38.1 Å². The molecule has 0 spiro atoms. The molecule has 1 amide bonds. The van der Waals surface area contributed by atoms with Crippen LogP contribution in [0.4, 0.5) is 13.2 Å². The average Bonchev–Trinajstić information content (AvgIpc) is 2.88. The molecular weight excluding hydrogens is 545 g/mol. The number of carbonyl (C=O) groups excluding carboxylic acids is 1. The van der Waals surface area contributed by atoms with Crippen molar-refractivity contribution in [3.63, 3.8) is 0 Å². The van der Waals surface area contributed by atoms with E-state index < -0.39 is 33.0 Å². The molecule has 0 saturated carbocycles. The first-order valence-corrected chi connectivity index (χ1v) is 14.4. The largest absolute Gasteiger partial charge is 0.494 e. The van der Waals surface area contributed by atoms with Crippen molar-refractivity contribution in [2.45, 2.75) is 50.7 Å². The Bertz CT molecular complexity index is 1560. The summed E-state index contributed by atoms with van der Waals surface area (Å²) in [6.07, 6.45) is -2.24. The van der Waals surface area contributed by atoms with Crippen LogP contribution < -0.4 is 10.9 Å². The number of unbranched alkanes of at least 4 members (excludes halogenated alkanes) is 1. The van der Waals surface area contributed by atoms with Gasteiger partial charge in [-0.15, -0.1) is 0 Å². The number of rotatable bonds is 11. The van der Waals surface area contributed by atoms with Crippen LogP contribution >= 0.6 is 0 Å². The molecule has 1 N–H and O–H groups in total. The minimum absolute atomic E-state index is 0.00634. The highest BCUT2D eigenvalue weighted by Gasteiger charge is 2.31. The van der Waals surface area contributed by atoms with Crippen molar-refractivity contribution in [3.05, 3.63) is 99.5 Å². The molecule has 2 aromatic carbocycles. The van der Waals surface area contributed by atoms with Crippen molar-refractivity contribution in [1.29, 1.82) is 0 Å². The predicted molar refractivity (Wildman–Crippen MR) is 147 cm³/mol. The first kappa shape index (κ1) is 30.7. The smallest absolute Gasteiger partial charge is 0.416 e. The quantitative estimate of drug-likeness (QED) is 0.250. The summed E-state index contributed by atoms with van der Waals surface area (Å²) in [7, 11) is -3.36. The Morgan fingerprint density at radius 3 is 2.38 bits per heavy atom. The first-order valence-electron chi connectivity index (χ1n) is 12.5. The molecule has 214 valence electrons. The molecule has 0 atom stereocenters. The molecule has 0 radical (unpaired) electrons. The monoisotopic (exact) mass is 576 g/mol. The van der Waals surface area contributed by atoms with Gasteiger partial charge in [0.2, 0.25) is 5.91 Å². The van der Waals surface area contributed by atoms with Crippen LogP contribution in [0.5, 0.6) is 0 Å². The molecule has 7 nitrogen and oxygen atoms in total. The third-order valence-electron chi connectivity index (χ3n) is 6.22. The zero-order valence-electron chi connectivity index (χ0n) is 22.5. The number of sulfone groups is 1. The minimum atomic E-state index is -4.61. The Hall–Kier alpha value is -3.86. The van der Waals surface area contributed by atoms with E-state index in [0.29, 0.717) is 23.4 Å². The second kappa shape index (κ2) is 12.5. The maximum atomic E-state index is 13.5. The molecule has 0 unspecified atom stereocenters. The Balaban J connectivity index is 1.95. The minimum Gasteiger partial charge on any atom is -0.494 e. The highest BCUT2D eigenvalue weighted by Crippen LogP contribution is 2.31. The van der Waals surface area contributed by atoms with E-state index in [1.54, 1.807) is 19.1 Å². The number of pyridine rings is 1. The van der Waals surface area contributed by atoms with Crippen LogP contribution in [0, 0.1) is 6.92 Å². The van der Waals surface area contributed by atoms with E-state index in [9.17, 15) is 31.2 Å². The summed E-state index contributed by atoms with van der Waals surface area (Å²) < 4.78 is 70.4. The molecule has 3 rings (SSSR count). The van der Waals surface area contributed by atoms with Crippen molar-refractivity contribution in [2.24, 2.45) is 0 Å². The van der Waals surface area contributed by atoms with Crippen LogP contribution in [0.2, 0.25) is 0 Å². The Labute approximate surface area is 231 Å². The van der Waals surface area contributed by atoms with Crippen LogP contribution in [0.25, 0.3) is 11.4 Å². The molecule has 3 aromatic rings.